The summed E-state index contributed by atoms with van der Waals surface area (Å²) in [4.78, 5) is 12.7. The molecular weight excluding hydrogens is 316 g/mol. The molecular formula is C19H16N4S. The van der Waals surface area contributed by atoms with Gasteiger partial charge in [0.05, 0.1) is 17.1 Å². The smallest absolute Gasteiger partial charge is 0.180 e. The standard InChI is InChI=1S/C19H16N4S/c20-16-11-15(17-19(23-16)22-12-21-17)24-18(13-7-3-1-4-8-13)14-9-5-2-6-10-14/h1-12,18H,(H3,20,21,22,23). The molecule has 0 saturated heterocycles. The Morgan fingerprint density at radius 2 is 1.54 bits per heavy atom. The molecule has 0 fully saturated rings. The fourth-order valence-corrected chi connectivity index (χ4v) is 4.02. The highest BCUT2D eigenvalue weighted by Gasteiger charge is 2.18. The summed E-state index contributed by atoms with van der Waals surface area (Å²) in [6.07, 6.45) is 1.65. The van der Waals surface area contributed by atoms with Crippen molar-refractivity contribution in [3.63, 3.8) is 0 Å². The first-order valence-electron chi connectivity index (χ1n) is 7.67. The second kappa shape index (κ2) is 6.37. The molecule has 4 rings (SSSR count). The Kier molecular flexibility index (Phi) is 3.92. The minimum Gasteiger partial charge on any atom is -0.384 e. The Morgan fingerprint density at radius 1 is 0.917 bits per heavy atom. The molecule has 3 N–H and O–H groups in total. The van der Waals surface area contributed by atoms with E-state index in [2.05, 4.69) is 63.5 Å². The van der Waals surface area contributed by atoms with E-state index in [0.717, 1.165) is 10.4 Å². The van der Waals surface area contributed by atoms with Crippen LogP contribution >= 0.6 is 11.8 Å². The van der Waals surface area contributed by atoms with E-state index < -0.39 is 0 Å². The van der Waals surface area contributed by atoms with E-state index >= 15 is 0 Å². The third-order valence-electron chi connectivity index (χ3n) is 3.83. The summed E-state index contributed by atoms with van der Waals surface area (Å²) < 4.78 is 0. The lowest BCUT2D eigenvalue weighted by Crippen LogP contribution is -1.98. The monoisotopic (exact) mass is 332 g/mol. The first-order chi connectivity index (χ1) is 11.8. The minimum absolute atomic E-state index is 0.167. The van der Waals surface area contributed by atoms with Crippen LogP contribution in [-0.4, -0.2) is 15.0 Å². The Balaban J connectivity index is 1.81. The quantitative estimate of drug-likeness (QED) is 0.543. The van der Waals surface area contributed by atoms with Crippen molar-refractivity contribution in [3.8, 4) is 0 Å². The Morgan fingerprint density at radius 3 is 2.17 bits per heavy atom. The number of nitrogens with zero attached hydrogens (tertiary/aromatic N) is 2. The molecule has 0 aliphatic heterocycles. The molecule has 118 valence electrons. The lowest BCUT2D eigenvalue weighted by molar-refractivity contribution is 1.15. The van der Waals surface area contributed by atoms with Gasteiger partial charge in [-0.1, -0.05) is 60.7 Å². The van der Waals surface area contributed by atoms with Crippen molar-refractivity contribution in [1.29, 1.82) is 0 Å². The van der Waals surface area contributed by atoms with Crippen LogP contribution in [0.1, 0.15) is 16.4 Å². The maximum Gasteiger partial charge on any atom is 0.180 e. The van der Waals surface area contributed by atoms with Crippen LogP contribution in [0.3, 0.4) is 0 Å². The maximum atomic E-state index is 5.96. The number of anilines is 1. The van der Waals surface area contributed by atoms with Crippen LogP contribution in [0.4, 0.5) is 5.82 Å². The van der Waals surface area contributed by atoms with E-state index in [1.807, 2.05) is 18.2 Å². The van der Waals surface area contributed by atoms with E-state index in [-0.39, 0.29) is 5.25 Å². The van der Waals surface area contributed by atoms with E-state index in [4.69, 9.17) is 5.73 Å². The summed E-state index contributed by atoms with van der Waals surface area (Å²) in [5.74, 6) is 0.483. The molecule has 0 bridgehead atoms. The van der Waals surface area contributed by atoms with E-state index in [1.54, 1.807) is 18.1 Å². The SMILES string of the molecule is Nc1cc(SC(c2ccccc2)c2ccccc2)c2[nH]cnc2n1. The van der Waals surface area contributed by atoms with Gasteiger partial charge in [0, 0.05) is 4.90 Å². The first-order valence-corrected chi connectivity index (χ1v) is 8.55. The summed E-state index contributed by atoms with van der Waals surface area (Å²) >= 11 is 1.75. The van der Waals surface area contributed by atoms with Crippen molar-refractivity contribution >= 4 is 28.7 Å². The van der Waals surface area contributed by atoms with Gasteiger partial charge in [-0.2, -0.15) is 0 Å². The fraction of sp³-hybridized carbons (Fsp3) is 0.0526. The zero-order valence-corrected chi connectivity index (χ0v) is 13.7. The van der Waals surface area contributed by atoms with Crippen LogP contribution in [0.25, 0.3) is 11.2 Å². The average Bonchev–Trinajstić information content (AvgIpc) is 3.09. The summed E-state index contributed by atoms with van der Waals surface area (Å²) in [7, 11) is 0. The van der Waals surface area contributed by atoms with E-state index in [1.165, 1.54) is 11.1 Å². The molecule has 0 aliphatic carbocycles. The zero-order valence-electron chi connectivity index (χ0n) is 12.9. The van der Waals surface area contributed by atoms with Gasteiger partial charge in [0.25, 0.3) is 0 Å². The van der Waals surface area contributed by atoms with Crippen LogP contribution in [0.2, 0.25) is 0 Å². The number of imidazole rings is 1. The third-order valence-corrected chi connectivity index (χ3v) is 5.19. The molecule has 24 heavy (non-hydrogen) atoms. The number of fused-ring (bicyclic) bond motifs is 1. The highest BCUT2D eigenvalue weighted by atomic mass is 32.2. The number of rotatable bonds is 4. The summed E-state index contributed by atoms with van der Waals surface area (Å²) in [6.45, 7) is 0. The number of nitrogen functional groups attached to an aromatic ring is 1. The minimum atomic E-state index is 0.167. The lowest BCUT2D eigenvalue weighted by Gasteiger charge is -2.18. The van der Waals surface area contributed by atoms with Gasteiger partial charge in [-0.05, 0) is 17.2 Å². The number of benzene rings is 2. The first kappa shape index (κ1) is 14.8. The van der Waals surface area contributed by atoms with Crippen molar-refractivity contribution < 1.29 is 0 Å². The number of hydrogen-bond donors (Lipinski definition) is 2. The predicted octanol–water partition coefficient (Wildman–Crippen LogP) is 4.42. The lowest BCUT2D eigenvalue weighted by atomic mass is 10.0. The molecule has 2 aromatic heterocycles. The molecule has 0 amide bonds. The van der Waals surface area contributed by atoms with Crippen molar-refractivity contribution in [2.45, 2.75) is 10.1 Å². The molecule has 0 aliphatic rings. The van der Waals surface area contributed by atoms with Gasteiger partial charge in [0.1, 0.15) is 5.82 Å². The highest BCUT2D eigenvalue weighted by Crippen LogP contribution is 2.42. The normalized spacial score (nSPS) is 11.2. The molecule has 0 atom stereocenters. The summed E-state index contributed by atoms with van der Waals surface area (Å²) in [5.41, 5.74) is 10.0. The number of thioether (sulfide) groups is 1. The number of aromatic nitrogens is 3. The van der Waals surface area contributed by atoms with Crippen LogP contribution in [0, 0.1) is 0 Å². The maximum absolute atomic E-state index is 5.96. The molecule has 2 aromatic carbocycles. The Hall–Kier alpha value is -2.79. The number of aromatic amines is 1. The van der Waals surface area contributed by atoms with Crippen LogP contribution in [-0.2, 0) is 0 Å². The molecule has 0 radical (unpaired) electrons. The van der Waals surface area contributed by atoms with Gasteiger partial charge < -0.3 is 10.7 Å². The highest BCUT2D eigenvalue weighted by molar-refractivity contribution is 8.00. The van der Waals surface area contributed by atoms with Crippen LogP contribution in [0.15, 0.2) is 78.0 Å². The van der Waals surface area contributed by atoms with Gasteiger partial charge in [-0.15, -0.1) is 11.8 Å². The molecule has 4 nitrogen and oxygen atoms in total. The van der Waals surface area contributed by atoms with Crippen LogP contribution < -0.4 is 5.73 Å². The summed E-state index contributed by atoms with van der Waals surface area (Å²) in [5, 5.41) is 0.167. The second-order valence-electron chi connectivity index (χ2n) is 5.47. The van der Waals surface area contributed by atoms with Crippen molar-refractivity contribution in [3.05, 3.63) is 84.2 Å². The van der Waals surface area contributed by atoms with Crippen molar-refractivity contribution in [2.75, 3.05) is 5.73 Å². The number of pyridine rings is 1. The molecule has 4 aromatic rings. The number of H-pyrrole nitrogens is 1. The number of nitrogens with two attached hydrogens (primary N) is 1. The molecule has 0 spiro atoms. The number of hydrogen-bond acceptors (Lipinski definition) is 4. The molecule has 0 saturated carbocycles. The van der Waals surface area contributed by atoms with E-state index in [9.17, 15) is 0 Å². The Bertz CT molecular complexity index is 911. The molecule has 5 heteroatoms. The van der Waals surface area contributed by atoms with E-state index in [0.29, 0.717) is 11.5 Å². The van der Waals surface area contributed by atoms with Gasteiger partial charge in [-0.3, -0.25) is 0 Å². The van der Waals surface area contributed by atoms with Crippen molar-refractivity contribution in [1.82, 2.24) is 15.0 Å². The topological polar surface area (TPSA) is 67.6 Å². The molecule has 0 unspecified atom stereocenters. The van der Waals surface area contributed by atoms with Crippen LogP contribution in [0.5, 0.6) is 0 Å². The third kappa shape index (κ3) is 2.86. The number of nitrogens with one attached hydrogen (secondary N) is 1. The van der Waals surface area contributed by atoms with Gasteiger partial charge in [-0.25, -0.2) is 9.97 Å². The largest absolute Gasteiger partial charge is 0.384 e. The fourth-order valence-electron chi connectivity index (χ4n) is 2.72. The van der Waals surface area contributed by atoms with Gasteiger partial charge >= 0.3 is 0 Å². The predicted molar refractivity (Wildman–Crippen MR) is 98.9 cm³/mol. The zero-order chi connectivity index (χ0) is 16.4. The van der Waals surface area contributed by atoms with Gasteiger partial charge in [0.15, 0.2) is 5.65 Å². The second-order valence-corrected chi connectivity index (χ2v) is 6.61. The summed E-state index contributed by atoms with van der Waals surface area (Å²) in [6, 6.07) is 22.9. The van der Waals surface area contributed by atoms with Crippen molar-refractivity contribution in [2.24, 2.45) is 0 Å². The Labute approximate surface area is 144 Å². The van der Waals surface area contributed by atoms with Gasteiger partial charge in [0.2, 0.25) is 0 Å². The average molecular weight is 332 g/mol. The molecule has 2 heterocycles.